The highest BCUT2D eigenvalue weighted by molar-refractivity contribution is 8.17. The number of hydrogen-bond acceptors (Lipinski definition) is 0. The lowest BCUT2D eigenvalue weighted by atomic mass is 10.0. The minimum Gasteiger partial charge on any atom is -0.309 e. The monoisotopic (exact) mass is 653 g/mol. The van der Waals surface area contributed by atoms with Crippen molar-refractivity contribution in [3.05, 3.63) is 158 Å². The molecule has 0 bridgehead atoms. The minimum absolute atomic E-state index is 0.901. The molecular formula is C46H27N3S. The summed E-state index contributed by atoms with van der Waals surface area (Å²) in [7, 11) is -0.901. The Balaban J connectivity index is 1.31. The van der Waals surface area contributed by atoms with E-state index in [9.17, 15) is 0 Å². The third kappa shape index (κ3) is 2.86. The maximum Gasteiger partial charge on any atom is 0.0688 e. The number of nitrogens with zero attached hydrogens (tertiary/aromatic N) is 3. The molecule has 0 saturated heterocycles. The van der Waals surface area contributed by atoms with Gasteiger partial charge in [0.05, 0.1) is 44.5 Å². The summed E-state index contributed by atoms with van der Waals surface area (Å²) in [5.74, 6) is 0. The molecule has 0 aliphatic carbocycles. The van der Waals surface area contributed by atoms with E-state index in [1.165, 1.54) is 108 Å². The largest absolute Gasteiger partial charge is 0.309 e. The van der Waals surface area contributed by atoms with E-state index < -0.39 is 10.9 Å². The van der Waals surface area contributed by atoms with Gasteiger partial charge in [0.15, 0.2) is 0 Å². The molecule has 11 aromatic rings. The molecule has 8 aromatic carbocycles. The fourth-order valence-corrected chi connectivity index (χ4v) is 12.5. The molecule has 0 saturated carbocycles. The predicted octanol–water partition coefficient (Wildman–Crippen LogP) is 12.2. The molecule has 13 rings (SSSR count). The Bertz CT molecular complexity index is 3320. The zero-order chi connectivity index (χ0) is 32.2. The lowest BCUT2D eigenvalue weighted by Crippen LogP contribution is -2.13. The summed E-state index contributed by atoms with van der Waals surface area (Å²) in [5, 5.41) is 10.6. The van der Waals surface area contributed by atoms with Crippen LogP contribution >= 0.6 is 10.9 Å². The van der Waals surface area contributed by atoms with E-state index >= 15 is 0 Å². The number of rotatable bonds is 1. The summed E-state index contributed by atoms with van der Waals surface area (Å²) in [5.41, 5.74) is 11.6. The van der Waals surface area contributed by atoms with Crippen molar-refractivity contribution in [2.45, 2.75) is 14.7 Å². The van der Waals surface area contributed by atoms with Crippen molar-refractivity contribution < 1.29 is 0 Å². The highest BCUT2D eigenvalue weighted by Crippen LogP contribution is 2.67. The molecule has 50 heavy (non-hydrogen) atoms. The van der Waals surface area contributed by atoms with Gasteiger partial charge < -0.3 is 13.7 Å². The number of aromatic nitrogens is 3. The highest BCUT2D eigenvalue weighted by atomic mass is 32.2. The second kappa shape index (κ2) is 8.86. The Morgan fingerprint density at radius 2 is 0.900 bits per heavy atom. The summed E-state index contributed by atoms with van der Waals surface area (Å²) in [6, 6.07) is 59.1. The minimum atomic E-state index is -0.901. The summed E-state index contributed by atoms with van der Waals surface area (Å²) < 4.78 is 7.68. The smallest absolute Gasteiger partial charge is 0.0688 e. The molecule has 3 aromatic heterocycles. The Morgan fingerprint density at radius 3 is 1.62 bits per heavy atom. The van der Waals surface area contributed by atoms with E-state index in [2.05, 4.69) is 171 Å². The van der Waals surface area contributed by atoms with Crippen LogP contribution in [0.5, 0.6) is 0 Å². The van der Waals surface area contributed by atoms with Crippen LogP contribution in [0.2, 0.25) is 0 Å². The first kappa shape index (κ1) is 25.7. The van der Waals surface area contributed by atoms with Gasteiger partial charge in [-0.05, 0) is 65.4 Å². The number of para-hydroxylation sites is 4. The normalized spacial score (nSPS) is 15.3. The van der Waals surface area contributed by atoms with Crippen LogP contribution < -0.4 is 0 Å². The molecule has 2 aliphatic heterocycles. The van der Waals surface area contributed by atoms with E-state index in [-0.39, 0.29) is 0 Å². The lowest BCUT2D eigenvalue weighted by Gasteiger charge is -2.38. The summed E-state index contributed by atoms with van der Waals surface area (Å²) in [6.45, 7) is 0. The molecule has 0 fully saturated rings. The van der Waals surface area contributed by atoms with Gasteiger partial charge >= 0.3 is 0 Å². The van der Waals surface area contributed by atoms with Crippen molar-refractivity contribution >= 4 is 87.1 Å². The maximum absolute atomic E-state index is 2.60. The molecular weight excluding hydrogens is 627 g/mol. The van der Waals surface area contributed by atoms with Crippen molar-refractivity contribution in [1.29, 1.82) is 0 Å². The Kier molecular flexibility index (Phi) is 4.56. The van der Waals surface area contributed by atoms with Crippen LogP contribution in [0.4, 0.5) is 0 Å². The lowest BCUT2D eigenvalue weighted by molar-refractivity contribution is 1.01. The van der Waals surface area contributed by atoms with E-state index in [4.69, 9.17) is 0 Å². The van der Waals surface area contributed by atoms with Gasteiger partial charge in [-0.25, -0.2) is 0 Å². The first-order valence-corrected chi connectivity index (χ1v) is 18.6. The molecule has 0 radical (unpaired) electrons. The van der Waals surface area contributed by atoms with Crippen LogP contribution in [-0.4, -0.2) is 13.7 Å². The molecule has 5 heterocycles. The van der Waals surface area contributed by atoms with Crippen LogP contribution in [0.3, 0.4) is 0 Å². The molecule has 0 N–H and O–H groups in total. The zero-order valence-corrected chi connectivity index (χ0v) is 27.7. The second-order valence-electron chi connectivity index (χ2n) is 13.7. The van der Waals surface area contributed by atoms with Crippen LogP contribution in [0, 0.1) is 0 Å². The summed E-state index contributed by atoms with van der Waals surface area (Å²) in [4.78, 5) is 4.35. The van der Waals surface area contributed by atoms with Gasteiger partial charge in [0, 0.05) is 52.7 Å². The average molecular weight is 654 g/mol. The number of benzene rings is 8. The van der Waals surface area contributed by atoms with E-state index in [1.807, 2.05) is 0 Å². The SMILES string of the molecule is c1ccc(-n2c3ccccc3c3cc4c5c(c6ccccc6n5-c5cccc6c5[SH]4c4cc5ccccc5c5c7ccccc7n-6c45)c32)cc1. The van der Waals surface area contributed by atoms with E-state index in [0.717, 1.165) is 0 Å². The Hall–Kier alpha value is -6.23. The van der Waals surface area contributed by atoms with Crippen LogP contribution in [-0.2, 0) is 0 Å². The van der Waals surface area contributed by atoms with Crippen molar-refractivity contribution in [3.63, 3.8) is 0 Å². The predicted molar refractivity (Wildman–Crippen MR) is 211 cm³/mol. The molecule has 2 aliphatic rings. The second-order valence-corrected chi connectivity index (χ2v) is 15.8. The zero-order valence-electron chi connectivity index (χ0n) is 26.8. The molecule has 1 atom stereocenters. The van der Waals surface area contributed by atoms with E-state index in [0.29, 0.717) is 0 Å². The molecule has 1 unspecified atom stereocenters. The van der Waals surface area contributed by atoms with Crippen molar-refractivity contribution in [2.24, 2.45) is 0 Å². The molecule has 4 heteroatoms. The topological polar surface area (TPSA) is 14.8 Å². The van der Waals surface area contributed by atoms with Crippen LogP contribution in [0.15, 0.2) is 172 Å². The molecule has 0 spiro atoms. The highest BCUT2D eigenvalue weighted by Gasteiger charge is 2.38. The fraction of sp³-hybridized carbons (Fsp3) is 0. The van der Waals surface area contributed by atoms with Crippen LogP contribution in [0.25, 0.3) is 93.3 Å². The van der Waals surface area contributed by atoms with Gasteiger partial charge in [0.1, 0.15) is 0 Å². The summed E-state index contributed by atoms with van der Waals surface area (Å²) >= 11 is 0. The first-order chi connectivity index (χ1) is 24.9. The first-order valence-electron chi connectivity index (χ1n) is 17.3. The van der Waals surface area contributed by atoms with Gasteiger partial charge in [-0.3, -0.25) is 0 Å². The average Bonchev–Trinajstić information content (AvgIpc) is 3.82. The number of fused-ring (bicyclic) bond motifs is 16. The maximum atomic E-state index is 2.60. The fourth-order valence-electron chi connectivity index (χ4n) is 9.57. The quantitative estimate of drug-likeness (QED) is 0.170. The standard InChI is InChI=1S/C46H27N3S/c1-2-14-28(15-3-1)47-34-20-9-6-17-30(34)33-26-40-45-42(43(33)47)32-19-8-11-22-36(32)49(45)38-24-12-23-37-46(38)50(40)39-25-27-13-4-5-16-29(27)41-31-18-7-10-21-35(31)48(37)44(39)41/h1-26,50H. The van der Waals surface area contributed by atoms with Crippen molar-refractivity contribution in [3.8, 4) is 17.1 Å². The van der Waals surface area contributed by atoms with Gasteiger partial charge in [-0.15, -0.1) is 0 Å². The van der Waals surface area contributed by atoms with E-state index in [1.54, 1.807) is 0 Å². The number of thiol groups is 1. The van der Waals surface area contributed by atoms with Gasteiger partial charge in [-0.2, -0.15) is 10.9 Å². The Morgan fingerprint density at radius 1 is 0.360 bits per heavy atom. The van der Waals surface area contributed by atoms with Gasteiger partial charge in [0.25, 0.3) is 0 Å². The number of hydrogen-bond donors (Lipinski definition) is 1. The summed E-state index contributed by atoms with van der Waals surface area (Å²) in [6.07, 6.45) is 0. The van der Waals surface area contributed by atoms with Crippen LogP contribution in [0.1, 0.15) is 0 Å². The third-order valence-electron chi connectivity index (χ3n) is 11.4. The Labute approximate surface area is 289 Å². The van der Waals surface area contributed by atoms with Crippen molar-refractivity contribution in [2.75, 3.05) is 0 Å². The molecule has 3 nitrogen and oxygen atoms in total. The third-order valence-corrected chi connectivity index (χ3v) is 13.9. The molecule has 0 amide bonds. The molecule has 232 valence electrons. The van der Waals surface area contributed by atoms with Gasteiger partial charge in [0.2, 0.25) is 0 Å². The van der Waals surface area contributed by atoms with Crippen molar-refractivity contribution in [1.82, 2.24) is 13.7 Å². The van der Waals surface area contributed by atoms with Gasteiger partial charge in [-0.1, -0.05) is 103 Å².